The molecule has 2 aromatic rings. The summed E-state index contributed by atoms with van der Waals surface area (Å²) in [6.45, 7) is 6.89. The van der Waals surface area contributed by atoms with Crippen LogP contribution in [0.15, 0.2) is 10.7 Å². The number of halogens is 1. The predicted molar refractivity (Wildman–Crippen MR) is 146 cm³/mol. The minimum atomic E-state index is -0.464. The lowest BCUT2D eigenvalue weighted by Gasteiger charge is -2.56. The summed E-state index contributed by atoms with van der Waals surface area (Å²) in [5, 5.41) is 8.46. The Bertz CT molecular complexity index is 1190. The Hall–Kier alpha value is -1.67. The summed E-state index contributed by atoms with van der Waals surface area (Å²) in [6, 6.07) is 0. The first-order valence-electron chi connectivity index (χ1n) is 13.6. The molecule has 3 N–H and O–H groups in total. The molecule has 1 atom stereocenters. The van der Waals surface area contributed by atoms with E-state index in [2.05, 4.69) is 46.7 Å². The molecule has 0 radical (unpaired) electrons. The van der Waals surface area contributed by atoms with Gasteiger partial charge in [-0.05, 0) is 108 Å². The zero-order valence-electron chi connectivity index (χ0n) is 21.5. The smallest absolute Gasteiger partial charge is 0.277 e. The number of thiophene rings is 1. The van der Waals surface area contributed by atoms with Crippen molar-refractivity contribution in [3.63, 3.8) is 0 Å². The number of fused-ring (bicyclic) bond motifs is 1. The molecular formula is C28H37BrN4O2S. The van der Waals surface area contributed by atoms with E-state index in [4.69, 9.17) is 10.8 Å². The normalized spacial score (nSPS) is 30.9. The van der Waals surface area contributed by atoms with Gasteiger partial charge >= 0.3 is 0 Å². The van der Waals surface area contributed by atoms with Gasteiger partial charge in [-0.1, -0.05) is 27.2 Å². The van der Waals surface area contributed by atoms with Crippen LogP contribution in [0, 0.1) is 29.1 Å². The van der Waals surface area contributed by atoms with E-state index in [1.807, 2.05) is 6.20 Å². The van der Waals surface area contributed by atoms with Crippen LogP contribution in [0.4, 0.5) is 5.00 Å². The standard InChI is InChI=1S/C28H37BrN4O2S/c1-4-27(2,3)18-5-6-19-21(10-18)36-26(22(19)24(30)34)31-25(35)23-20(29)14-33(32-23)28-11-15-7-16(12-28)9-17(8-15)13-28/h14-18H,4-13H2,1-3H3,(H2,30,34)(H,31,35). The number of amides is 2. The fraction of sp³-hybridized carbons (Fsp3) is 0.679. The van der Waals surface area contributed by atoms with Crippen LogP contribution in [-0.2, 0) is 18.4 Å². The van der Waals surface area contributed by atoms with Crippen LogP contribution in [0.2, 0.25) is 0 Å². The molecule has 4 bridgehead atoms. The van der Waals surface area contributed by atoms with E-state index in [1.54, 1.807) is 0 Å². The lowest BCUT2D eigenvalue weighted by atomic mass is 9.53. The molecule has 2 amide bonds. The van der Waals surface area contributed by atoms with Crippen molar-refractivity contribution < 1.29 is 9.59 Å². The highest BCUT2D eigenvalue weighted by atomic mass is 79.9. The Morgan fingerprint density at radius 1 is 1.22 bits per heavy atom. The molecule has 4 fully saturated rings. The number of nitrogens with two attached hydrogens (primary N) is 1. The zero-order chi connectivity index (χ0) is 25.4. The number of rotatable bonds is 6. The molecule has 0 aromatic carbocycles. The topological polar surface area (TPSA) is 90.0 Å². The highest BCUT2D eigenvalue weighted by Gasteiger charge is 2.52. The maximum atomic E-state index is 13.5. The molecule has 194 valence electrons. The van der Waals surface area contributed by atoms with E-state index in [1.165, 1.54) is 54.7 Å². The van der Waals surface area contributed by atoms with Crippen molar-refractivity contribution in [2.45, 2.75) is 90.5 Å². The number of primary amides is 1. The van der Waals surface area contributed by atoms with Gasteiger partial charge in [0, 0.05) is 11.1 Å². The van der Waals surface area contributed by atoms with E-state index in [9.17, 15) is 9.59 Å². The Kier molecular flexibility index (Phi) is 5.95. The second-order valence-corrected chi connectivity index (χ2v) is 14.7. The van der Waals surface area contributed by atoms with E-state index in [0.717, 1.165) is 49.0 Å². The third-order valence-corrected chi connectivity index (χ3v) is 11.9. The summed E-state index contributed by atoms with van der Waals surface area (Å²) in [5.74, 6) is 2.21. The SMILES string of the molecule is CCC(C)(C)C1CCc2c(sc(NC(=O)c3nn(C45CC6CC(CC(C6)C4)C5)cc3Br)c2C(N)=O)C1. The number of nitrogens with zero attached hydrogens (tertiary/aromatic N) is 2. The summed E-state index contributed by atoms with van der Waals surface area (Å²) in [4.78, 5) is 27.1. The van der Waals surface area contributed by atoms with Gasteiger partial charge in [-0.2, -0.15) is 5.10 Å². The van der Waals surface area contributed by atoms with Gasteiger partial charge in [0.1, 0.15) is 5.00 Å². The second kappa shape index (κ2) is 8.69. The quantitative estimate of drug-likeness (QED) is 0.412. The molecule has 2 aromatic heterocycles. The van der Waals surface area contributed by atoms with Crippen LogP contribution in [0.1, 0.15) is 103 Å². The number of nitrogens with one attached hydrogen (secondary N) is 1. The summed E-state index contributed by atoms with van der Waals surface area (Å²) in [5.41, 5.74) is 8.04. The molecule has 5 aliphatic carbocycles. The molecule has 0 spiro atoms. The highest BCUT2D eigenvalue weighted by Crippen LogP contribution is 2.58. The van der Waals surface area contributed by atoms with Gasteiger partial charge in [0.25, 0.3) is 11.8 Å². The lowest BCUT2D eigenvalue weighted by Crippen LogP contribution is -2.52. The molecule has 36 heavy (non-hydrogen) atoms. The first-order chi connectivity index (χ1) is 17.1. The summed E-state index contributed by atoms with van der Waals surface area (Å²) in [7, 11) is 0. The van der Waals surface area contributed by atoms with Crippen molar-refractivity contribution >= 4 is 44.1 Å². The minimum absolute atomic E-state index is 0.0529. The van der Waals surface area contributed by atoms with Crippen LogP contribution in [0.25, 0.3) is 0 Å². The Balaban J connectivity index is 1.26. The summed E-state index contributed by atoms with van der Waals surface area (Å²) in [6.07, 6.45) is 13.5. The molecule has 5 aliphatic rings. The van der Waals surface area contributed by atoms with Gasteiger partial charge in [0.05, 0.1) is 15.6 Å². The summed E-state index contributed by atoms with van der Waals surface area (Å²) < 4.78 is 2.81. The van der Waals surface area contributed by atoms with Gasteiger partial charge in [-0.15, -0.1) is 11.3 Å². The zero-order valence-corrected chi connectivity index (χ0v) is 23.9. The monoisotopic (exact) mass is 572 g/mol. The predicted octanol–water partition coefficient (Wildman–Crippen LogP) is 6.52. The molecular weight excluding hydrogens is 536 g/mol. The molecule has 2 heterocycles. The Morgan fingerprint density at radius 2 is 1.86 bits per heavy atom. The average Bonchev–Trinajstić information content (AvgIpc) is 3.38. The number of anilines is 1. The first-order valence-corrected chi connectivity index (χ1v) is 15.2. The number of hydrogen-bond acceptors (Lipinski definition) is 4. The molecule has 1 unspecified atom stereocenters. The number of aromatic nitrogens is 2. The van der Waals surface area contributed by atoms with Gasteiger partial charge in [-0.25, -0.2) is 0 Å². The van der Waals surface area contributed by atoms with E-state index >= 15 is 0 Å². The van der Waals surface area contributed by atoms with Crippen LogP contribution in [-0.4, -0.2) is 21.6 Å². The third kappa shape index (κ3) is 3.98. The van der Waals surface area contributed by atoms with Crippen molar-refractivity contribution in [3.8, 4) is 0 Å². The second-order valence-electron chi connectivity index (χ2n) is 12.7. The fourth-order valence-electron chi connectivity index (χ4n) is 8.15. The molecule has 6 nitrogen and oxygen atoms in total. The number of hydrogen-bond donors (Lipinski definition) is 2. The van der Waals surface area contributed by atoms with Crippen molar-refractivity contribution in [2.24, 2.45) is 34.8 Å². The highest BCUT2D eigenvalue weighted by molar-refractivity contribution is 9.10. The van der Waals surface area contributed by atoms with Crippen molar-refractivity contribution in [1.82, 2.24) is 9.78 Å². The number of carbonyl (C=O) groups excluding carboxylic acids is 2. The lowest BCUT2D eigenvalue weighted by molar-refractivity contribution is -0.0495. The molecule has 8 heteroatoms. The number of carbonyl (C=O) groups is 2. The van der Waals surface area contributed by atoms with Gasteiger partial charge in [0.15, 0.2) is 5.69 Å². The first kappa shape index (κ1) is 24.7. The van der Waals surface area contributed by atoms with Crippen LogP contribution < -0.4 is 11.1 Å². The van der Waals surface area contributed by atoms with Gasteiger partial charge in [-0.3, -0.25) is 14.3 Å². The largest absolute Gasteiger partial charge is 0.365 e. The van der Waals surface area contributed by atoms with Crippen LogP contribution in [0.3, 0.4) is 0 Å². The maximum absolute atomic E-state index is 13.5. The molecule has 7 rings (SSSR count). The van der Waals surface area contributed by atoms with Crippen LogP contribution in [0.5, 0.6) is 0 Å². The van der Waals surface area contributed by atoms with Crippen molar-refractivity contribution in [3.05, 3.63) is 32.4 Å². The third-order valence-electron chi connectivity index (χ3n) is 10.1. The van der Waals surface area contributed by atoms with Crippen molar-refractivity contribution in [2.75, 3.05) is 5.32 Å². The van der Waals surface area contributed by atoms with Gasteiger partial charge in [0.2, 0.25) is 0 Å². The summed E-state index contributed by atoms with van der Waals surface area (Å²) >= 11 is 5.14. The molecule has 0 aliphatic heterocycles. The maximum Gasteiger partial charge on any atom is 0.277 e. The fourth-order valence-corrected chi connectivity index (χ4v) is 9.93. The van der Waals surface area contributed by atoms with E-state index in [-0.39, 0.29) is 16.9 Å². The Morgan fingerprint density at radius 3 is 2.44 bits per heavy atom. The average molecular weight is 574 g/mol. The van der Waals surface area contributed by atoms with Crippen molar-refractivity contribution in [1.29, 1.82) is 0 Å². The molecule has 0 saturated heterocycles. The van der Waals surface area contributed by atoms with Gasteiger partial charge < -0.3 is 11.1 Å². The molecule has 4 saturated carbocycles. The van der Waals surface area contributed by atoms with Crippen LogP contribution >= 0.6 is 27.3 Å². The van der Waals surface area contributed by atoms with E-state index < -0.39 is 5.91 Å². The minimum Gasteiger partial charge on any atom is -0.365 e. The van der Waals surface area contributed by atoms with E-state index in [0.29, 0.717) is 26.6 Å². The Labute approximate surface area is 225 Å².